The standard InChI is InChI=1S/C34H63NO7/c1-8-10-14-19-27(20-15-11-9-2)21-18-24-41-31(38)34(6,7)22-16-12-13-17-23-40-30(37)29-25-28(36)26-35(29)32(39)42-33(3,4)5/h27-29,36H,8-26H2,1-7H3/t28-,29-/m0/s1. The molecule has 1 fully saturated rings. The fourth-order valence-corrected chi connectivity index (χ4v) is 5.48. The number of likely N-dealkylation sites (tertiary alicyclic amines) is 1. The molecule has 0 aromatic heterocycles. The van der Waals surface area contributed by atoms with Gasteiger partial charge in [-0.1, -0.05) is 84.5 Å². The summed E-state index contributed by atoms with van der Waals surface area (Å²) in [7, 11) is 0. The normalized spacial score (nSPS) is 17.5. The van der Waals surface area contributed by atoms with Gasteiger partial charge >= 0.3 is 18.0 Å². The minimum Gasteiger partial charge on any atom is -0.465 e. The van der Waals surface area contributed by atoms with E-state index in [1.807, 2.05) is 13.8 Å². The Bertz CT molecular complexity index is 766. The Balaban J connectivity index is 2.26. The molecule has 1 amide bonds. The van der Waals surface area contributed by atoms with Crippen molar-refractivity contribution < 1.29 is 33.7 Å². The molecule has 246 valence electrons. The van der Waals surface area contributed by atoms with Crippen LogP contribution in [-0.2, 0) is 23.8 Å². The molecule has 0 spiro atoms. The van der Waals surface area contributed by atoms with Crippen LogP contribution >= 0.6 is 0 Å². The average molecular weight is 598 g/mol. The van der Waals surface area contributed by atoms with E-state index in [1.165, 1.54) is 56.3 Å². The molecule has 0 unspecified atom stereocenters. The zero-order valence-electron chi connectivity index (χ0n) is 28.0. The summed E-state index contributed by atoms with van der Waals surface area (Å²) in [5, 5.41) is 10.0. The lowest BCUT2D eigenvalue weighted by molar-refractivity contribution is -0.154. The molecule has 42 heavy (non-hydrogen) atoms. The number of aliphatic hydroxyl groups excluding tert-OH is 1. The van der Waals surface area contributed by atoms with E-state index in [0.717, 1.165) is 44.4 Å². The highest BCUT2D eigenvalue weighted by atomic mass is 16.6. The Morgan fingerprint density at radius 3 is 1.95 bits per heavy atom. The van der Waals surface area contributed by atoms with Crippen molar-refractivity contribution in [2.24, 2.45) is 11.3 Å². The Kier molecular flexibility index (Phi) is 18.4. The number of aliphatic hydroxyl groups is 1. The molecule has 0 aliphatic carbocycles. The molecular weight excluding hydrogens is 534 g/mol. The van der Waals surface area contributed by atoms with Crippen molar-refractivity contribution in [3.63, 3.8) is 0 Å². The minimum absolute atomic E-state index is 0.0610. The maximum atomic E-state index is 12.7. The smallest absolute Gasteiger partial charge is 0.411 e. The summed E-state index contributed by atoms with van der Waals surface area (Å²) < 4.78 is 16.5. The number of esters is 2. The molecule has 1 N–H and O–H groups in total. The molecule has 0 bridgehead atoms. The van der Waals surface area contributed by atoms with Gasteiger partial charge in [-0.2, -0.15) is 0 Å². The number of β-amino-alcohol motifs (C(OH)–C–C–N with tert-alkyl or cyclic N) is 1. The molecule has 0 radical (unpaired) electrons. The van der Waals surface area contributed by atoms with E-state index in [-0.39, 0.29) is 25.5 Å². The summed E-state index contributed by atoms with van der Waals surface area (Å²) in [6.45, 7) is 14.5. The molecule has 0 aromatic carbocycles. The van der Waals surface area contributed by atoms with Gasteiger partial charge in [-0.15, -0.1) is 0 Å². The highest BCUT2D eigenvalue weighted by Crippen LogP contribution is 2.27. The zero-order valence-corrected chi connectivity index (χ0v) is 28.0. The molecule has 1 rings (SSSR count). The average Bonchev–Trinajstić information content (AvgIpc) is 3.31. The Morgan fingerprint density at radius 2 is 1.36 bits per heavy atom. The molecule has 1 aliphatic rings. The second-order valence-electron chi connectivity index (χ2n) is 13.9. The topological polar surface area (TPSA) is 102 Å². The first kappa shape index (κ1) is 38.2. The summed E-state index contributed by atoms with van der Waals surface area (Å²) in [5.74, 6) is 0.135. The second-order valence-corrected chi connectivity index (χ2v) is 13.9. The fourth-order valence-electron chi connectivity index (χ4n) is 5.48. The summed E-state index contributed by atoms with van der Waals surface area (Å²) >= 11 is 0. The van der Waals surface area contributed by atoms with E-state index in [2.05, 4.69) is 13.8 Å². The number of carbonyl (C=O) groups excluding carboxylic acids is 3. The van der Waals surface area contributed by atoms with Crippen LogP contribution in [0.2, 0.25) is 0 Å². The first-order valence-corrected chi connectivity index (χ1v) is 16.8. The van der Waals surface area contributed by atoms with Gasteiger partial charge < -0.3 is 19.3 Å². The first-order valence-electron chi connectivity index (χ1n) is 16.8. The molecule has 2 atom stereocenters. The van der Waals surface area contributed by atoms with Gasteiger partial charge in [-0.3, -0.25) is 9.69 Å². The fraction of sp³-hybridized carbons (Fsp3) is 0.912. The van der Waals surface area contributed by atoms with Crippen LogP contribution in [-0.4, -0.2) is 65.5 Å². The van der Waals surface area contributed by atoms with Gasteiger partial charge in [0.15, 0.2) is 0 Å². The van der Waals surface area contributed by atoms with Crippen LogP contribution in [0.1, 0.15) is 151 Å². The number of amides is 1. The minimum atomic E-state index is -0.824. The number of rotatable bonds is 21. The van der Waals surface area contributed by atoms with Crippen molar-refractivity contribution in [2.75, 3.05) is 19.8 Å². The van der Waals surface area contributed by atoms with E-state index < -0.39 is 35.2 Å². The number of nitrogens with zero attached hydrogens (tertiary/aromatic N) is 1. The van der Waals surface area contributed by atoms with Gasteiger partial charge in [0.05, 0.1) is 31.3 Å². The van der Waals surface area contributed by atoms with Crippen molar-refractivity contribution in [3.05, 3.63) is 0 Å². The van der Waals surface area contributed by atoms with Gasteiger partial charge in [0.25, 0.3) is 0 Å². The number of hydrogen-bond donors (Lipinski definition) is 1. The van der Waals surface area contributed by atoms with Crippen LogP contribution in [0.4, 0.5) is 4.79 Å². The Morgan fingerprint density at radius 1 is 0.786 bits per heavy atom. The molecule has 1 aliphatic heterocycles. The van der Waals surface area contributed by atoms with Gasteiger partial charge in [0.2, 0.25) is 0 Å². The van der Waals surface area contributed by atoms with Crippen molar-refractivity contribution >= 4 is 18.0 Å². The van der Waals surface area contributed by atoms with E-state index in [0.29, 0.717) is 13.0 Å². The molecule has 8 nitrogen and oxygen atoms in total. The van der Waals surface area contributed by atoms with Gasteiger partial charge in [0, 0.05) is 6.42 Å². The number of carbonyl (C=O) groups is 3. The van der Waals surface area contributed by atoms with Crippen LogP contribution < -0.4 is 0 Å². The first-order chi connectivity index (χ1) is 19.8. The monoisotopic (exact) mass is 597 g/mol. The summed E-state index contributed by atoms with van der Waals surface area (Å²) in [6.07, 6.45) is 15.3. The number of unbranched alkanes of at least 4 members (excludes halogenated alkanes) is 7. The molecular formula is C34H63NO7. The molecule has 8 heteroatoms. The van der Waals surface area contributed by atoms with Crippen LogP contribution in [0.5, 0.6) is 0 Å². The number of hydrogen-bond acceptors (Lipinski definition) is 7. The van der Waals surface area contributed by atoms with Crippen LogP contribution in [0.15, 0.2) is 0 Å². The van der Waals surface area contributed by atoms with Crippen LogP contribution in [0.25, 0.3) is 0 Å². The molecule has 0 aromatic rings. The summed E-state index contributed by atoms with van der Waals surface area (Å²) in [4.78, 5) is 39.0. The second kappa shape index (κ2) is 20.2. The van der Waals surface area contributed by atoms with Crippen LogP contribution in [0, 0.1) is 11.3 Å². The van der Waals surface area contributed by atoms with Gasteiger partial charge in [-0.05, 0) is 66.2 Å². The van der Waals surface area contributed by atoms with Crippen molar-refractivity contribution in [1.29, 1.82) is 0 Å². The highest BCUT2D eigenvalue weighted by Gasteiger charge is 2.41. The van der Waals surface area contributed by atoms with Crippen LogP contribution in [0.3, 0.4) is 0 Å². The number of ether oxygens (including phenoxy) is 3. The maximum absolute atomic E-state index is 12.7. The van der Waals surface area contributed by atoms with E-state index in [9.17, 15) is 19.5 Å². The van der Waals surface area contributed by atoms with Gasteiger partial charge in [-0.25, -0.2) is 9.59 Å². The lowest BCUT2D eigenvalue weighted by Crippen LogP contribution is -2.44. The summed E-state index contributed by atoms with van der Waals surface area (Å²) in [6, 6.07) is -0.824. The SMILES string of the molecule is CCCCCC(CCCCC)CCCOC(=O)C(C)(C)CCCCCCOC(=O)[C@@H]1C[C@H](O)CN1C(=O)OC(C)(C)C. The predicted molar refractivity (Wildman–Crippen MR) is 167 cm³/mol. The van der Waals surface area contributed by atoms with Gasteiger partial charge in [0.1, 0.15) is 11.6 Å². The lowest BCUT2D eigenvalue weighted by Gasteiger charge is -2.27. The third-order valence-corrected chi connectivity index (χ3v) is 8.09. The summed E-state index contributed by atoms with van der Waals surface area (Å²) in [5.41, 5.74) is -1.20. The molecule has 1 saturated heterocycles. The Hall–Kier alpha value is -1.83. The van der Waals surface area contributed by atoms with E-state index in [4.69, 9.17) is 14.2 Å². The Labute approximate surface area is 256 Å². The highest BCUT2D eigenvalue weighted by molar-refractivity contribution is 5.82. The quantitative estimate of drug-likeness (QED) is 0.0813. The maximum Gasteiger partial charge on any atom is 0.411 e. The van der Waals surface area contributed by atoms with Crippen molar-refractivity contribution in [2.45, 2.75) is 169 Å². The predicted octanol–water partition coefficient (Wildman–Crippen LogP) is 7.98. The molecule has 0 saturated carbocycles. The molecule has 1 heterocycles. The zero-order chi connectivity index (χ0) is 31.6. The van der Waals surface area contributed by atoms with E-state index >= 15 is 0 Å². The van der Waals surface area contributed by atoms with Crippen molar-refractivity contribution in [1.82, 2.24) is 4.90 Å². The third kappa shape index (κ3) is 16.1. The largest absolute Gasteiger partial charge is 0.465 e. The van der Waals surface area contributed by atoms with E-state index in [1.54, 1.807) is 20.8 Å². The lowest BCUT2D eigenvalue weighted by atomic mass is 9.87. The van der Waals surface area contributed by atoms with Crippen molar-refractivity contribution in [3.8, 4) is 0 Å². The third-order valence-electron chi connectivity index (χ3n) is 8.09.